The molecule has 0 saturated carbocycles. The van der Waals surface area contributed by atoms with Gasteiger partial charge >= 0.3 is 0 Å². The van der Waals surface area contributed by atoms with Crippen LogP contribution in [0.1, 0.15) is 31.8 Å². The molecule has 1 amide bonds. The van der Waals surface area contributed by atoms with Crippen LogP contribution in [0, 0.1) is 6.92 Å². The summed E-state index contributed by atoms with van der Waals surface area (Å²) >= 11 is 5.37. The molecule has 0 radical (unpaired) electrons. The number of thiophene rings is 2. The number of nitrogens with zero attached hydrogens (tertiary/aromatic N) is 1. The lowest BCUT2D eigenvalue weighted by Gasteiger charge is -2.19. The summed E-state index contributed by atoms with van der Waals surface area (Å²) in [4.78, 5) is 16.8. The van der Waals surface area contributed by atoms with Crippen molar-refractivity contribution < 1.29 is 4.79 Å². The smallest absolute Gasteiger partial charge is 0.263 e. The van der Waals surface area contributed by atoms with Gasteiger partial charge in [-0.05, 0) is 41.8 Å². The molecule has 3 rings (SSSR count). The first-order chi connectivity index (χ1) is 9.74. The Labute approximate surface area is 131 Å². The highest BCUT2D eigenvalue weighted by atomic mass is 32.2. The van der Waals surface area contributed by atoms with Gasteiger partial charge in [-0.15, -0.1) is 22.7 Å². The Hall–Kier alpha value is -0.780. The molecule has 1 atom stereocenters. The minimum atomic E-state index is 0.204. The molecule has 20 heavy (non-hydrogen) atoms. The molecule has 5 heteroatoms. The first-order valence-electron chi connectivity index (χ1n) is 6.73. The average molecular weight is 324 g/mol. The van der Waals surface area contributed by atoms with E-state index < -0.39 is 0 Å². The summed E-state index contributed by atoms with van der Waals surface area (Å²) in [6.07, 6.45) is 1.06. The molecule has 1 aliphatic rings. The van der Waals surface area contributed by atoms with Gasteiger partial charge in [-0.2, -0.15) is 11.8 Å². The van der Waals surface area contributed by atoms with E-state index in [1.807, 2.05) is 46.4 Å². The van der Waals surface area contributed by atoms with E-state index in [1.165, 1.54) is 10.4 Å². The number of amides is 1. The van der Waals surface area contributed by atoms with Gasteiger partial charge in [0, 0.05) is 29.0 Å². The highest BCUT2D eigenvalue weighted by Crippen LogP contribution is 2.37. The Balaban J connectivity index is 1.66. The zero-order valence-electron chi connectivity index (χ0n) is 11.4. The number of hydrogen-bond acceptors (Lipinski definition) is 4. The van der Waals surface area contributed by atoms with Gasteiger partial charge in [0.05, 0.1) is 4.88 Å². The summed E-state index contributed by atoms with van der Waals surface area (Å²) in [6.45, 7) is 3.77. The lowest BCUT2D eigenvalue weighted by atomic mass is 10.2. The maximum absolute atomic E-state index is 12.5. The minimum absolute atomic E-state index is 0.204. The van der Waals surface area contributed by atoms with Crippen molar-refractivity contribution in [2.45, 2.75) is 18.6 Å². The highest BCUT2D eigenvalue weighted by molar-refractivity contribution is 7.99. The molecule has 2 aromatic rings. The minimum Gasteiger partial charge on any atom is -0.337 e. The molecule has 0 N–H and O–H groups in total. The lowest BCUT2D eigenvalue weighted by molar-refractivity contribution is 0.0771. The van der Waals surface area contributed by atoms with Crippen LogP contribution in [0.3, 0.4) is 0 Å². The van der Waals surface area contributed by atoms with Crippen molar-refractivity contribution >= 4 is 40.3 Å². The molecule has 2 aromatic heterocycles. The Morgan fingerprint density at radius 1 is 1.35 bits per heavy atom. The number of carbonyl (C=O) groups excluding carboxylic acids is 1. The fourth-order valence-electron chi connectivity index (χ4n) is 2.37. The van der Waals surface area contributed by atoms with Crippen molar-refractivity contribution in [2.75, 3.05) is 18.8 Å². The molecule has 2 nitrogen and oxygen atoms in total. The molecule has 1 unspecified atom stereocenters. The van der Waals surface area contributed by atoms with E-state index in [1.54, 1.807) is 11.3 Å². The van der Waals surface area contributed by atoms with Crippen LogP contribution in [0.15, 0.2) is 29.0 Å². The van der Waals surface area contributed by atoms with Crippen molar-refractivity contribution in [1.29, 1.82) is 0 Å². The number of hydrogen-bond donors (Lipinski definition) is 0. The van der Waals surface area contributed by atoms with E-state index in [2.05, 4.69) is 17.5 Å². The third-order valence-corrected chi connectivity index (χ3v) is 6.91. The molecular weight excluding hydrogens is 306 g/mol. The van der Waals surface area contributed by atoms with Gasteiger partial charge in [0.15, 0.2) is 0 Å². The maximum Gasteiger partial charge on any atom is 0.263 e. The second-order valence-corrected chi connectivity index (χ2v) is 8.15. The quantitative estimate of drug-likeness (QED) is 0.814. The van der Waals surface area contributed by atoms with E-state index in [0.717, 1.165) is 30.1 Å². The molecule has 0 bridgehead atoms. The summed E-state index contributed by atoms with van der Waals surface area (Å²) in [5.41, 5.74) is 1.18. The van der Waals surface area contributed by atoms with Crippen molar-refractivity contribution in [2.24, 2.45) is 0 Å². The molecule has 3 heterocycles. The Bertz CT molecular complexity index is 576. The van der Waals surface area contributed by atoms with Crippen LogP contribution in [0.4, 0.5) is 0 Å². The van der Waals surface area contributed by atoms with E-state index >= 15 is 0 Å². The second-order valence-electron chi connectivity index (χ2n) is 4.94. The van der Waals surface area contributed by atoms with Gasteiger partial charge in [0.2, 0.25) is 0 Å². The van der Waals surface area contributed by atoms with Crippen LogP contribution >= 0.6 is 34.4 Å². The van der Waals surface area contributed by atoms with E-state index in [0.29, 0.717) is 5.25 Å². The summed E-state index contributed by atoms with van der Waals surface area (Å²) in [7, 11) is 0. The molecule has 1 saturated heterocycles. The van der Waals surface area contributed by atoms with Crippen molar-refractivity contribution in [3.8, 4) is 0 Å². The fourth-order valence-corrected chi connectivity index (χ4v) is 5.48. The van der Waals surface area contributed by atoms with Crippen LogP contribution in [-0.2, 0) is 0 Å². The second kappa shape index (κ2) is 6.33. The Kier molecular flexibility index (Phi) is 4.48. The maximum atomic E-state index is 12.5. The highest BCUT2D eigenvalue weighted by Gasteiger charge is 2.23. The standard InChI is InChI=1S/C15H17NOS3/c1-11-9-14(20-10-11)15(17)16-5-4-13(19-8-6-16)12-3-2-7-18-12/h2-3,7,9-10,13H,4-6,8H2,1H3. The third kappa shape index (κ3) is 3.10. The third-order valence-electron chi connectivity index (χ3n) is 3.43. The molecule has 106 valence electrons. The zero-order valence-corrected chi connectivity index (χ0v) is 13.8. The Morgan fingerprint density at radius 2 is 2.25 bits per heavy atom. The van der Waals surface area contributed by atoms with E-state index in [9.17, 15) is 4.79 Å². The predicted molar refractivity (Wildman–Crippen MR) is 89.1 cm³/mol. The summed E-state index contributed by atoms with van der Waals surface area (Å²) < 4.78 is 0. The van der Waals surface area contributed by atoms with Gasteiger partial charge in [0.1, 0.15) is 0 Å². The van der Waals surface area contributed by atoms with E-state index in [4.69, 9.17) is 0 Å². The van der Waals surface area contributed by atoms with Crippen LogP contribution in [0.2, 0.25) is 0 Å². The van der Waals surface area contributed by atoms with Crippen LogP contribution < -0.4 is 0 Å². The number of rotatable bonds is 2. The van der Waals surface area contributed by atoms with Crippen molar-refractivity contribution in [3.05, 3.63) is 44.3 Å². The molecule has 1 aliphatic heterocycles. The fraction of sp³-hybridized carbons (Fsp3) is 0.400. The zero-order chi connectivity index (χ0) is 13.9. The number of aryl methyl sites for hydroxylation is 1. The van der Waals surface area contributed by atoms with E-state index in [-0.39, 0.29) is 5.91 Å². The first-order valence-corrected chi connectivity index (χ1v) is 9.54. The van der Waals surface area contributed by atoms with Gasteiger partial charge in [-0.1, -0.05) is 6.07 Å². The predicted octanol–water partition coefficient (Wildman–Crippen LogP) is 4.44. The lowest BCUT2D eigenvalue weighted by Crippen LogP contribution is -2.32. The molecule has 0 aliphatic carbocycles. The van der Waals surface area contributed by atoms with Gasteiger partial charge in [-0.25, -0.2) is 0 Å². The van der Waals surface area contributed by atoms with Crippen LogP contribution in [0.25, 0.3) is 0 Å². The van der Waals surface area contributed by atoms with Gasteiger partial charge in [0.25, 0.3) is 5.91 Å². The first kappa shape index (κ1) is 14.2. The normalized spacial score (nSPS) is 19.9. The molecule has 0 aromatic carbocycles. The summed E-state index contributed by atoms with van der Waals surface area (Å²) in [5.74, 6) is 1.23. The van der Waals surface area contributed by atoms with Crippen LogP contribution in [-0.4, -0.2) is 29.6 Å². The number of carbonyl (C=O) groups is 1. The van der Waals surface area contributed by atoms with Gasteiger partial charge < -0.3 is 4.90 Å². The SMILES string of the molecule is Cc1csc(C(=O)N2CCSC(c3cccs3)CC2)c1. The Morgan fingerprint density at radius 3 is 2.95 bits per heavy atom. The largest absolute Gasteiger partial charge is 0.337 e. The summed E-state index contributed by atoms with van der Waals surface area (Å²) in [5, 5.41) is 4.74. The molecular formula is C15H17NOS3. The van der Waals surface area contributed by atoms with Crippen molar-refractivity contribution in [3.63, 3.8) is 0 Å². The van der Waals surface area contributed by atoms with Crippen molar-refractivity contribution in [1.82, 2.24) is 4.90 Å². The summed E-state index contributed by atoms with van der Waals surface area (Å²) in [6, 6.07) is 6.33. The average Bonchev–Trinajstić information content (AvgIpc) is 3.05. The monoisotopic (exact) mass is 323 g/mol. The van der Waals surface area contributed by atoms with Crippen LogP contribution in [0.5, 0.6) is 0 Å². The molecule has 1 fully saturated rings. The number of thioether (sulfide) groups is 1. The van der Waals surface area contributed by atoms with Gasteiger partial charge in [-0.3, -0.25) is 4.79 Å². The topological polar surface area (TPSA) is 20.3 Å². The molecule has 0 spiro atoms.